The predicted molar refractivity (Wildman–Crippen MR) is 103 cm³/mol. The van der Waals surface area contributed by atoms with Crippen LogP contribution in [0.2, 0.25) is 5.02 Å². The maximum absolute atomic E-state index is 12.8. The van der Waals surface area contributed by atoms with E-state index in [9.17, 15) is 9.59 Å². The van der Waals surface area contributed by atoms with Crippen LogP contribution in [0.1, 0.15) is 37.7 Å². The third kappa shape index (κ3) is 4.77. The third-order valence-electron chi connectivity index (χ3n) is 5.65. The van der Waals surface area contributed by atoms with Gasteiger partial charge in [-0.1, -0.05) is 43.0 Å². The van der Waals surface area contributed by atoms with Gasteiger partial charge < -0.3 is 16.0 Å². The first-order valence-electron chi connectivity index (χ1n) is 9.50. The first-order chi connectivity index (χ1) is 12.5. The summed E-state index contributed by atoms with van der Waals surface area (Å²) in [5, 5.41) is 3.40. The van der Waals surface area contributed by atoms with E-state index in [0.717, 1.165) is 31.1 Å². The minimum absolute atomic E-state index is 0.0776. The van der Waals surface area contributed by atoms with Gasteiger partial charge in [0.1, 0.15) is 0 Å². The molecule has 0 bridgehead atoms. The summed E-state index contributed by atoms with van der Waals surface area (Å²) in [4.78, 5) is 26.2. The number of carbonyl (C=O) groups is 2. The molecule has 5 nitrogen and oxygen atoms in total. The fourth-order valence-electron chi connectivity index (χ4n) is 4.36. The van der Waals surface area contributed by atoms with Crippen LogP contribution in [0.4, 0.5) is 0 Å². The molecule has 0 radical (unpaired) electrons. The van der Waals surface area contributed by atoms with Crippen LogP contribution in [-0.4, -0.2) is 42.9 Å². The number of primary amides is 1. The topological polar surface area (TPSA) is 75.4 Å². The average Bonchev–Trinajstić information content (AvgIpc) is 2.60. The van der Waals surface area contributed by atoms with E-state index in [1.165, 1.54) is 32.1 Å². The number of halogens is 1. The quantitative estimate of drug-likeness (QED) is 0.765. The van der Waals surface area contributed by atoms with Gasteiger partial charge in [0, 0.05) is 24.7 Å². The van der Waals surface area contributed by atoms with Crippen LogP contribution in [-0.2, 0) is 16.0 Å². The van der Waals surface area contributed by atoms with Gasteiger partial charge >= 0.3 is 0 Å². The molecular weight excluding hydrogens is 350 g/mol. The summed E-state index contributed by atoms with van der Waals surface area (Å²) in [5.41, 5.74) is 5.78. The molecule has 2 aliphatic rings. The summed E-state index contributed by atoms with van der Waals surface area (Å²) in [6.45, 7) is 2.43. The highest BCUT2D eigenvalue weighted by Crippen LogP contribution is 2.37. The second-order valence-electron chi connectivity index (χ2n) is 7.91. The van der Waals surface area contributed by atoms with Gasteiger partial charge in [-0.15, -0.1) is 0 Å². The first kappa shape index (κ1) is 19.2. The molecule has 142 valence electrons. The molecule has 1 saturated heterocycles. The van der Waals surface area contributed by atoms with E-state index in [1.54, 1.807) is 0 Å². The van der Waals surface area contributed by atoms with Gasteiger partial charge in [0.05, 0.1) is 12.0 Å². The van der Waals surface area contributed by atoms with Crippen molar-refractivity contribution in [1.29, 1.82) is 0 Å². The minimum atomic E-state index is -0.515. The van der Waals surface area contributed by atoms with Crippen molar-refractivity contribution in [2.75, 3.05) is 26.2 Å². The van der Waals surface area contributed by atoms with Crippen molar-refractivity contribution in [3.63, 3.8) is 0 Å². The lowest BCUT2D eigenvalue weighted by molar-refractivity contribution is -0.143. The van der Waals surface area contributed by atoms with Gasteiger partial charge in [-0.05, 0) is 42.9 Å². The molecule has 6 heteroatoms. The largest absolute Gasteiger partial charge is 0.368 e. The lowest BCUT2D eigenvalue weighted by Crippen LogP contribution is -2.65. The number of likely N-dealkylation sites (tertiary alicyclic amines) is 1. The Morgan fingerprint density at radius 3 is 2.42 bits per heavy atom. The number of amides is 2. The first-order valence-corrected chi connectivity index (χ1v) is 9.88. The predicted octanol–water partition coefficient (Wildman–Crippen LogP) is 2.37. The number of carbonyl (C=O) groups excluding carboxylic acids is 2. The van der Waals surface area contributed by atoms with E-state index in [1.807, 2.05) is 24.3 Å². The van der Waals surface area contributed by atoms with Crippen molar-refractivity contribution in [1.82, 2.24) is 10.2 Å². The Morgan fingerprint density at radius 1 is 1.15 bits per heavy atom. The van der Waals surface area contributed by atoms with Crippen LogP contribution < -0.4 is 11.1 Å². The Hall–Kier alpha value is -1.59. The van der Waals surface area contributed by atoms with Crippen LogP contribution >= 0.6 is 11.6 Å². The Morgan fingerprint density at radius 2 is 1.81 bits per heavy atom. The molecule has 3 N–H and O–H groups in total. The zero-order valence-corrected chi connectivity index (χ0v) is 15.9. The molecule has 26 heavy (non-hydrogen) atoms. The molecule has 0 aromatic heterocycles. The number of hydrogen-bond acceptors (Lipinski definition) is 3. The maximum Gasteiger partial charge on any atom is 0.236 e. The SMILES string of the molecule is NC(=O)CNC(=O)C1(Cc2ccc(Cl)cc2)CN(CC2CCCCC2)C1. The van der Waals surface area contributed by atoms with Gasteiger partial charge in [-0.2, -0.15) is 0 Å². The van der Waals surface area contributed by atoms with Crippen LogP contribution in [0.15, 0.2) is 24.3 Å². The fourth-order valence-corrected chi connectivity index (χ4v) is 4.48. The highest BCUT2D eigenvalue weighted by atomic mass is 35.5. The summed E-state index contributed by atoms with van der Waals surface area (Å²) in [6, 6.07) is 7.64. The highest BCUT2D eigenvalue weighted by Gasteiger charge is 2.49. The van der Waals surface area contributed by atoms with E-state index in [4.69, 9.17) is 17.3 Å². The second-order valence-corrected chi connectivity index (χ2v) is 8.34. The Bertz CT molecular complexity index is 635. The molecule has 2 amide bonds. The molecule has 0 unspecified atom stereocenters. The molecule has 3 rings (SSSR count). The number of benzene rings is 1. The molecule has 1 aromatic rings. The number of nitrogens with two attached hydrogens (primary N) is 1. The molecular formula is C20H28ClN3O2. The smallest absolute Gasteiger partial charge is 0.236 e. The van der Waals surface area contributed by atoms with E-state index < -0.39 is 11.3 Å². The van der Waals surface area contributed by atoms with Crippen molar-refractivity contribution in [3.8, 4) is 0 Å². The summed E-state index contributed by atoms with van der Waals surface area (Å²) < 4.78 is 0. The molecule has 2 fully saturated rings. The number of rotatable bonds is 7. The number of nitrogens with zero attached hydrogens (tertiary/aromatic N) is 1. The molecule has 1 saturated carbocycles. The average molecular weight is 378 g/mol. The monoisotopic (exact) mass is 377 g/mol. The molecule has 1 aromatic carbocycles. The summed E-state index contributed by atoms with van der Waals surface area (Å²) in [5.74, 6) is 0.162. The van der Waals surface area contributed by atoms with Crippen molar-refractivity contribution in [3.05, 3.63) is 34.9 Å². The van der Waals surface area contributed by atoms with Crippen LogP contribution in [0, 0.1) is 11.3 Å². The fraction of sp³-hybridized carbons (Fsp3) is 0.600. The van der Waals surface area contributed by atoms with Gasteiger partial charge in [0.2, 0.25) is 11.8 Å². The van der Waals surface area contributed by atoms with E-state index in [-0.39, 0.29) is 12.5 Å². The van der Waals surface area contributed by atoms with E-state index >= 15 is 0 Å². The Balaban J connectivity index is 1.64. The normalized spacial score (nSPS) is 20.3. The lowest BCUT2D eigenvalue weighted by atomic mass is 9.73. The lowest BCUT2D eigenvalue weighted by Gasteiger charge is -2.50. The van der Waals surface area contributed by atoms with Crippen LogP contribution in [0.3, 0.4) is 0 Å². The van der Waals surface area contributed by atoms with Crippen molar-refractivity contribution >= 4 is 23.4 Å². The Labute approximate surface area is 160 Å². The molecule has 0 atom stereocenters. The summed E-state index contributed by atoms with van der Waals surface area (Å²) >= 11 is 5.97. The van der Waals surface area contributed by atoms with Gasteiger partial charge in [0.15, 0.2) is 0 Å². The maximum atomic E-state index is 12.8. The molecule has 0 spiro atoms. The molecule has 1 aliphatic carbocycles. The van der Waals surface area contributed by atoms with Crippen molar-refractivity contribution in [2.45, 2.75) is 38.5 Å². The highest BCUT2D eigenvalue weighted by molar-refractivity contribution is 6.30. The second kappa shape index (κ2) is 8.40. The van der Waals surface area contributed by atoms with Crippen LogP contribution in [0.25, 0.3) is 0 Å². The van der Waals surface area contributed by atoms with Gasteiger partial charge in [-0.25, -0.2) is 0 Å². The number of nitrogens with one attached hydrogen (secondary N) is 1. The zero-order chi connectivity index (χ0) is 18.6. The summed E-state index contributed by atoms with van der Waals surface area (Å²) in [7, 11) is 0. The molecule has 1 heterocycles. The van der Waals surface area contributed by atoms with Crippen LogP contribution in [0.5, 0.6) is 0 Å². The summed E-state index contributed by atoms with van der Waals surface area (Å²) in [6.07, 6.45) is 7.26. The van der Waals surface area contributed by atoms with Gasteiger partial charge in [0.25, 0.3) is 0 Å². The van der Waals surface area contributed by atoms with E-state index in [0.29, 0.717) is 11.4 Å². The third-order valence-corrected chi connectivity index (χ3v) is 5.91. The van der Waals surface area contributed by atoms with Crippen molar-refractivity contribution in [2.24, 2.45) is 17.1 Å². The van der Waals surface area contributed by atoms with Gasteiger partial charge in [-0.3, -0.25) is 9.59 Å². The zero-order valence-electron chi connectivity index (χ0n) is 15.2. The Kier molecular flexibility index (Phi) is 6.20. The van der Waals surface area contributed by atoms with Crippen molar-refractivity contribution < 1.29 is 9.59 Å². The minimum Gasteiger partial charge on any atom is -0.368 e. The molecule has 1 aliphatic heterocycles. The standard InChI is InChI=1S/C20H28ClN3O2/c21-17-8-6-15(7-9-17)10-20(19(26)23-11-18(22)25)13-24(14-20)12-16-4-2-1-3-5-16/h6-9,16H,1-5,10-14H2,(H2,22,25)(H,23,26). The van der Waals surface area contributed by atoms with E-state index in [2.05, 4.69) is 10.2 Å². The number of hydrogen-bond donors (Lipinski definition) is 2.